The molecule has 1 heterocycles. The van der Waals surface area contributed by atoms with Crippen LogP contribution in [-0.4, -0.2) is 68.7 Å². The molecule has 10 heteroatoms. The molecule has 1 aliphatic heterocycles. The Balaban J connectivity index is 2.46. The van der Waals surface area contributed by atoms with E-state index in [-0.39, 0.29) is 16.2 Å². The Morgan fingerprint density at radius 1 is 1.19 bits per heavy atom. The number of anilines is 2. The Morgan fingerprint density at radius 2 is 1.81 bits per heavy atom. The van der Waals surface area contributed by atoms with E-state index in [9.17, 15) is 27.2 Å². The van der Waals surface area contributed by atoms with Gasteiger partial charge in [0.2, 0.25) is 0 Å². The molecule has 1 aliphatic rings. The van der Waals surface area contributed by atoms with Crippen LogP contribution >= 0.6 is 11.6 Å². The number of nitrogens with zero attached hydrogens (tertiary/aromatic N) is 3. The summed E-state index contributed by atoms with van der Waals surface area (Å²) >= 11 is 5.46. The second-order valence-electron chi connectivity index (χ2n) is 5.91. The molecule has 1 aromatic rings. The second-order valence-corrected chi connectivity index (χ2v) is 6.25. The fraction of sp³-hybridized carbons (Fsp3) is 0.500. The van der Waals surface area contributed by atoms with Crippen LogP contribution in [0.3, 0.4) is 0 Å². The van der Waals surface area contributed by atoms with Crippen molar-refractivity contribution in [1.82, 2.24) is 4.90 Å². The van der Waals surface area contributed by atoms with Crippen molar-refractivity contribution < 1.29 is 27.2 Å². The van der Waals surface area contributed by atoms with E-state index in [0.29, 0.717) is 18.8 Å². The van der Waals surface area contributed by atoms with Gasteiger partial charge in [0.25, 0.3) is 5.24 Å². The zero-order valence-corrected chi connectivity index (χ0v) is 14.8. The predicted molar refractivity (Wildman–Crippen MR) is 90.7 cm³/mol. The molecule has 0 aliphatic carbocycles. The highest BCUT2D eigenvalue weighted by Crippen LogP contribution is 2.32. The van der Waals surface area contributed by atoms with E-state index in [1.807, 2.05) is 11.9 Å². The molecule has 1 saturated heterocycles. The molecule has 5 nitrogen and oxygen atoms in total. The lowest BCUT2D eigenvalue weighted by Crippen LogP contribution is -2.45. The fourth-order valence-electron chi connectivity index (χ4n) is 2.74. The van der Waals surface area contributed by atoms with Crippen LogP contribution in [0, 0.1) is 0 Å². The van der Waals surface area contributed by atoms with Crippen LogP contribution in [0.4, 0.5) is 28.9 Å². The van der Waals surface area contributed by atoms with Gasteiger partial charge in [0.1, 0.15) is 6.67 Å². The zero-order chi connectivity index (χ0) is 19.5. The third-order valence-corrected chi connectivity index (χ3v) is 4.35. The highest BCUT2D eigenvalue weighted by Gasteiger charge is 2.43. The Bertz CT molecular complexity index is 676. The van der Waals surface area contributed by atoms with Gasteiger partial charge in [-0.2, -0.15) is 13.2 Å². The van der Waals surface area contributed by atoms with E-state index in [1.54, 1.807) is 6.07 Å². The quantitative estimate of drug-likeness (QED) is 0.568. The summed E-state index contributed by atoms with van der Waals surface area (Å²) in [5.74, 6) is -2.25. The Hall–Kier alpha value is -1.87. The predicted octanol–water partition coefficient (Wildman–Crippen LogP) is 2.68. The Labute approximate surface area is 153 Å². The average Bonchev–Trinajstić information content (AvgIpc) is 2.58. The molecule has 0 N–H and O–H groups in total. The molecule has 0 radical (unpaired) electrons. The summed E-state index contributed by atoms with van der Waals surface area (Å²) in [6.45, 7) is 0.724. The van der Waals surface area contributed by atoms with Gasteiger partial charge in [-0.05, 0) is 36.8 Å². The standard InChI is InChI=1S/C16H18ClF4N3O2/c1-22-6-8-23(9-7-22)11-2-3-12(14(17)25)13(10-11)24(5-4-18)15(26)16(19,20)21/h2-3,10H,4-9H2,1H3. The van der Waals surface area contributed by atoms with Crippen molar-refractivity contribution in [1.29, 1.82) is 0 Å². The van der Waals surface area contributed by atoms with Gasteiger partial charge in [0, 0.05) is 31.9 Å². The fourth-order valence-corrected chi connectivity index (χ4v) is 2.90. The van der Waals surface area contributed by atoms with Crippen molar-refractivity contribution in [2.75, 3.05) is 56.2 Å². The van der Waals surface area contributed by atoms with Gasteiger partial charge in [0.05, 0.1) is 17.8 Å². The number of rotatable bonds is 5. The van der Waals surface area contributed by atoms with Crippen molar-refractivity contribution >= 4 is 34.1 Å². The minimum absolute atomic E-state index is 0.217. The lowest BCUT2D eigenvalue weighted by atomic mass is 10.1. The molecular formula is C16H18ClF4N3O2. The molecule has 0 unspecified atom stereocenters. The molecule has 2 rings (SSSR count). The van der Waals surface area contributed by atoms with E-state index in [4.69, 9.17) is 11.6 Å². The summed E-state index contributed by atoms with van der Waals surface area (Å²) in [6, 6.07) is 4.09. The van der Waals surface area contributed by atoms with Crippen molar-refractivity contribution in [2.24, 2.45) is 0 Å². The molecule has 1 fully saturated rings. The molecule has 0 spiro atoms. The van der Waals surface area contributed by atoms with E-state index in [2.05, 4.69) is 4.90 Å². The maximum absolute atomic E-state index is 12.9. The summed E-state index contributed by atoms with van der Waals surface area (Å²) < 4.78 is 51.5. The van der Waals surface area contributed by atoms with E-state index < -0.39 is 30.5 Å². The number of carbonyl (C=O) groups is 2. The van der Waals surface area contributed by atoms with E-state index in [1.165, 1.54) is 12.1 Å². The number of piperazine rings is 1. The smallest absolute Gasteiger partial charge is 0.369 e. The van der Waals surface area contributed by atoms with Crippen LogP contribution in [0.25, 0.3) is 0 Å². The molecule has 1 amide bonds. The minimum atomic E-state index is -5.20. The lowest BCUT2D eigenvalue weighted by molar-refractivity contribution is -0.170. The maximum atomic E-state index is 12.9. The van der Waals surface area contributed by atoms with Crippen molar-refractivity contribution in [3.05, 3.63) is 23.8 Å². The van der Waals surface area contributed by atoms with Gasteiger partial charge < -0.3 is 14.7 Å². The second kappa shape index (κ2) is 8.22. The summed E-state index contributed by atoms with van der Waals surface area (Å²) in [6.07, 6.45) is -5.20. The molecule has 1 aromatic carbocycles. The molecule has 0 atom stereocenters. The molecule has 0 saturated carbocycles. The highest BCUT2D eigenvalue weighted by molar-refractivity contribution is 6.68. The number of alkyl halides is 4. The SMILES string of the molecule is CN1CCN(c2ccc(C(=O)Cl)c(N(CCF)C(=O)C(F)(F)F)c2)CC1. The van der Waals surface area contributed by atoms with Crippen LogP contribution in [0.1, 0.15) is 10.4 Å². The number of carbonyl (C=O) groups excluding carboxylic acids is 2. The van der Waals surface area contributed by atoms with Gasteiger partial charge in [-0.25, -0.2) is 4.39 Å². The summed E-state index contributed by atoms with van der Waals surface area (Å²) in [5, 5.41) is -1.02. The lowest BCUT2D eigenvalue weighted by Gasteiger charge is -2.35. The highest BCUT2D eigenvalue weighted by atomic mass is 35.5. The molecular weight excluding hydrogens is 378 g/mol. The number of likely N-dealkylation sites (N-methyl/N-ethyl adjacent to an activating group) is 1. The normalized spacial score (nSPS) is 15.8. The summed E-state index contributed by atoms with van der Waals surface area (Å²) in [4.78, 5) is 27.6. The van der Waals surface area contributed by atoms with Gasteiger partial charge in [-0.3, -0.25) is 9.59 Å². The molecule has 144 valence electrons. The third kappa shape index (κ3) is 4.64. The maximum Gasteiger partial charge on any atom is 0.471 e. The largest absolute Gasteiger partial charge is 0.471 e. The Morgan fingerprint density at radius 3 is 2.31 bits per heavy atom. The molecule has 26 heavy (non-hydrogen) atoms. The Kier molecular flexibility index (Phi) is 6.46. The van der Waals surface area contributed by atoms with Crippen LogP contribution in [0.5, 0.6) is 0 Å². The van der Waals surface area contributed by atoms with Crippen LogP contribution in [0.2, 0.25) is 0 Å². The van der Waals surface area contributed by atoms with Crippen molar-refractivity contribution in [3.8, 4) is 0 Å². The summed E-state index contributed by atoms with van der Waals surface area (Å²) in [7, 11) is 1.95. The van der Waals surface area contributed by atoms with Gasteiger partial charge in [-0.15, -0.1) is 0 Å². The van der Waals surface area contributed by atoms with E-state index >= 15 is 0 Å². The molecule has 0 aromatic heterocycles. The first kappa shape index (κ1) is 20.4. The van der Waals surface area contributed by atoms with E-state index in [0.717, 1.165) is 13.1 Å². The summed E-state index contributed by atoms with van der Waals surface area (Å²) in [5.41, 5.74) is -0.0920. The van der Waals surface area contributed by atoms with Gasteiger partial charge in [0.15, 0.2) is 0 Å². The van der Waals surface area contributed by atoms with Gasteiger partial charge in [-0.1, -0.05) is 0 Å². The monoisotopic (exact) mass is 395 g/mol. The van der Waals surface area contributed by atoms with Crippen LogP contribution in [-0.2, 0) is 4.79 Å². The van der Waals surface area contributed by atoms with Crippen LogP contribution < -0.4 is 9.80 Å². The minimum Gasteiger partial charge on any atom is -0.369 e. The average molecular weight is 396 g/mol. The first-order chi connectivity index (χ1) is 12.1. The number of amides is 1. The molecule has 0 bridgehead atoms. The number of hydrogen-bond acceptors (Lipinski definition) is 4. The third-order valence-electron chi connectivity index (χ3n) is 4.15. The van der Waals surface area contributed by atoms with Crippen LogP contribution in [0.15, 0.2) is 18.2 Å². The van der Waals surface area contributed by atoms with Gasteiger partial charge >= 0.3 is 12.1 Å². The number of hydrogen-bond donors (Lipinski definition) is 0. The first-order valence-electron chi connectivity index (χ1n) is 7.87. The first-order valence-corrected chi connectivity index (χ1v) is 8.25. The number of halogens is 5. The number of benzene rings is 1. The zero-order valence-electron chi connectivity index (χ0n) is 14.0. The van der Waals surface area contributed by atoms with Crippen molar-refractivity contribution in [2.45, 2.75) is 6.18 Å². The topological polar surface area (TPSA) is 43.9 Å². The van der Waals surface area contributed by atoms with Crippen molar-refractivity contribution in [3.63, 3.8) is 0 Å².